The molecule has 1 aromatic heterocycles. The molecule has 0 bridgehead atoms. The smallest absolute Gasteiger partial charge is 0.449 e. The van der Waals surface area contributed by atoms with Crippen molar-refractivity contribution in [1.82, 2.24) is 9.55 Å². The van der Waals surface area contributed by atoms with Crippen LogP contribution in [0.15, 0.2) is 29.8 Å². The highest BCUT2D eigenvalue weighted by atomic mass is 19.4. The van der Waals surface area contributed by atoms with Crippen LogP contribution in [0.4, 0.5) is 13.2 Å². The Balaban J connectivity index is 2.64. The molecule has 0 amide bonds. The molecule has 0 saturated heterocycles. The lowest BCUT2D eigenvalue weighted by Gasteiger charge is -2.09. The van der Waals surface area contributed by atoms with E-state index in [1.165, 1.54) is 19.4 Å². The van der Waals surface area contributed by atoms with Crippen LogP contribution >= 0.6 is 0 Å². The van der Waals surface area contributed by atoms with Crippen LogP contribution in [-0.2, 0) is 17.6 Å². The number of aliphatic imine (C=N–C) groups is 1. The minimum atomic E-state index is -4.54. The predicted octanol–water partition coefficient (Wildman–Crippen LogP) is 3.72. The highest BCUT2D eigenvalue weighted by Gasteiger charge is 2.37. The van der Waals surface area contributed by atoms with Gasteiger partial charge in [0, 0.05) is 5.56 Å². The molecule has 21 heavy (non-hydrogen) atoms. The van der Waals surface area contributed by atoms with Gasteiger partial charge in [-0.3, -0.25) is 4.99 Å². The first-order chi connectivity index (χ1) is 9.88. The number of imidazole rings is 1. The van der Waals surface area contributed by atoms with Crippen molar-refractivity contribution in [1.29, 1.82) is 0 Å². The highest BCUT2D eigenvalue weighted by Crippen LogP contribution is 2.32. The van der Waals surface area contributed by atoms with E-state index >= 15 is 0 Å². The van der Waals surface area contributed by atoms with Crippen molar-refractivity contribution in [3.63, 3.8) is 0 Å². The lowest BCUT2D eigenvalue weighted by Crippen LogP contribution is -2.14. The van der Waals surface area contributed by atoms with E-state index in [2.05, 4.69) is 16.6 Å². The summed E-state index contributed by atoms with van der Waals surface area (Å²) in [6.45, 7) is 5.19. The molecule has 0 aliphatic rings. The lowest BCUT2D eigenvalue weighted by atomic mass is 10.2. The molecule has 0 saturated carbocycles. The Bertz CT molecular complexity index is 701. The Morgan fingerprint density at radius 3 is 2.76 bits per heavy atom. The summed E-state index contributed by atoms with van der Waals surface area (Å²) in [4.78, 5) is 7.55. The van der Waals surface area contributed by atoms with Crippen LogP contribution in [0.25, 0.3) is 16.8 Å². The van der Waals surface area contributed by atoms with Crippen molar-refractivity contribution >= 4 is 23.0 Å². The van der Waals surface area contributed by atoms with E-state index in [-0.39, 0.29) is 12.2 Å². The Kier molecular flexibility index (Phi) is 4.02. The minimum absolute atomic E-state index is 0.133. The van der Waals surface area contributed by atoms with Crippen molar-refractivity contribution in [3.8, 4) is 0 Å². The summed E-state index contributed by atoms with van der Waals surface area (Å²) in [5, 5.41) is 0. The van der Waals surface area contributed by atoms with E-state index in [4.69, 9.17) is 4.74 Å². The lowest BCUT2D eigenvalue weighted by molar-refractivity contribution is -0.146. The third-order valence-electron chi connectivity index (χ3n) is 2.98. The van der Waals surface area contributed by atoms with Gasteiger partial charge >= 0.3 is 6.18 Å². The molecule has 4 nitrogen and oxygen atoms in total. The van der Waals surface area contributed by atoms with Crippen molar-refractivity contribution in [2.24, 2.45) is 4.99 Å². The topological polar surface area (TPSA) is 39.4 Å². The first kappa shape index (κ1) is 15.1. The fraction of sp³-hybridized carbons (Fsp3) is 0.286. The maximum Gasteiger partial charge on any atom is 0.449 e. The van der Waals surface area contributed by atoms with Gasteiger partial charge in [0.2, 0.25) is 5.82 Å². The van der Waals surface area contributed by atoms with Crippen molar-refractivity contribution < 1.29 is 17.9 Å². The zero-order chi connectivity index (χ0) is 15.6. The first-order valence-corrected chi connectivity index (χ1v) is 6.13. The van der Waals surface area contributed by atoms with Crippen LogP contribution in [0.1, 0.15) is 18.3 Å². The van der Waals surface area contributed by atoms with Crippen LogP contribution in [0.5, 0.6) is 0 Å². The quantitative estimate of drug-likeness (QED) is 0.637. The van der Waals surface area contributed by atoms with E-state index < -0.39 is 12.0 Å². The number of rotatable bonds is 4. The van der Waals surface area contributed by atoms with Gasteiger partial charge in [-0.1, -0.05) is 6.58 Å². The second-order valence-corrected chi connectivity index (χ2v) is 4.27. The van der Waals surface area contributed by atoms with Crippen LogP contribution < -0.4 is 0 Å². The molecule has 0 unspecified atom stereocenters. The Hall–Kier alpha value is -2.31. The van der Waals surface area contributed by atoms with Crippen molar-refractivity contribution in [3.05, 3.63) is 36.2 Å². The maximum absolute atomic E-state index is 13.1. The first-order valence-electron chi connectivity index (χ1n) is 6.13. The van der Waals surface area contributed by atoms with E-state index in [1.54, 1.807) is 19.1 Å². The summed E-state index contributed by atoms with van der Waals surface area (Å²) in [6, 6.07) is 4.72. The summed E-state index contributed by atoms with van der Waals surface area (Å²) in [5.74, 6) is -0.602. The predicted molar refractivity (Wildman–Crippen MR) is 74.9 cm³/mol. The van der Waals surface area contributed by atoms with Crippen LogP contribution in [0, 0.1) is 0 Å². The molecule has 2 rings (SSSR count). The second-order valence-electron chi connectivity index (χ2n) is 4.27. The molecule has 0 spiro atoms. The molecule has 0 fully saturated rings. The fourth-order valence-corrected chi connectivity index (χ4v) is 1.94. The number of ether oxygens (including phenoxy) is 1. The monoisotopic (exact) mass is 297 g/mol. The minimum Gasteiger partial charge on any atom is -0.497 e. The molecule has 2 aromatic rings. The highest BCUT2D eigenvalue weighted by molar-refractivity contribution is 5.80. The number of hydrogen-bond acceptors (Lipinski definition) is 3. The van der Waals surface area contributed by atoms with E-state index in [1.807, 2.05) is 0 Å². The van der Waals surface area contributed by atoms with Gasteiger partial charge in [0.05, 0.1) is 18.1 Å². The van der Waals surface area contributed by atoms with Gasteiger partial charge in [-0.15, -0.1) is 0 Å². The Morgan fingerprint density at radius 2 is 2.19 bits per heavy atom. The molecular weight excluding hydrogens is 283 g/mol. The molecule has 112 valence electrons. The fourth-order valence-electron chi connectivity index (χ4n) is 1.94. The van der Waals surface area contributed by atoms with Gasteiger partial charge in [-0.05, 0) is 31.3 Å². The number of halogens is 3. The molecule has 0 atom stereocenters. The van der Waals surface area contributed by atoms with E-state index in [0.29, 0.717) is 16.8 Å². The van der Waals surface area contributed by atoms with Gasteiger partial charge in [-0.25, -0.2) is 4.98 Å². The standard InChI is InChI=1S/C14H14F3N3O/c1-4-18-8-20-12-6-5-10(9(2)21-3)7-11(12)19-13(20)14(15,16)17/h4-7H,2,8H2,1,3H3/b18-4-. The second kappa shape index (κ2) is 5.59. The molecule has 0 radical (unpaired) electrons. The number of alkyl halides is 3. The zero-order valence-corrected chi connectivity index (χ0v) is 11.6. The van der Waals surface area contributed by atoms with Gasteiger partial charge in [0.1, 0.15) is 12.4 Å². The normalized spacial score (nSPS) is 12.2. The van der Waals surface area contributed by atoms with Gasteiger partial charge in [0.25, 0.3) is 0 Å². The third-order valence-corrected chi connectivity index (χ3v) is 2.98. The maximum atomic E-state index is 13.1. The summed E-state index contributed by atoms with van der Waals surface area (Å²) in [7, 11) is 1.45. The number of nitrogens with zero attached hydrogens (tertiary/aromatic N) is 3. The van der Waals surface area contributed by atoms with Crippen LogP contribution in [0.3, 0.4) is 0 Å². The Labute approximate surface area is 119 Å². The number of fused-ring (bicyclic) bond motifs is 1. The van der Waals surface area contributed by atoms with Crippen LogP contribution in [0.2, 0.25) is 0 Å². The number of hydrogen-bond donors (Lipinski definition) is 0. The molecule has 0 aliphatic carbocycles. The average Bonchev–Trinajstić information content (AvgIpc) is 2.82. The average molecular weight is 297 g/mol. The third kappa shape index (κ3) is 2.91. The van der Waals surface area contributed by atoms with Gasteiger partial charge in [-0.2, -0.15) is 13.2 Å². The summed E-state index contributed by atoms with van der Waals surface area (Å²) >= 11 is 0. The summed E-state index contributed by atoms with van der Waals surface area (Å²) < 4.78 is 45.2. The van der Waals surface area contributed by atoms with Crippen molar-refractivity contribution in [2.45, 2.75) is 19.8 Å². The SMILES string of the molecule is C=C(OC)c1ccc2c(c1)nc(C(F)(F)F)n2C/N=C\C. The summed E-state index contributed by atoms with van der Waals surface area (Å²) in [5.41, 5.74) is 1.17. The number of methoxy groups -OCH3 is 1. The van der Waals surface area contributed by atoms with Gasteiger partial charge in [0.15, 0.2) is 0 Å². The molecule has 1 heterocycles. The molecule has 0 N–H and O–H groups in total. The molecular formula is C14H14F3N3O. The van der Waals surface area contributed by atoms with E-state index in [9.17, 15) is 13.2 Å². The van der Waals surface area contributed by atoms with E-state index in [0.717, 1.165) is 4.57 Å². The van der Waals surface area contributed by atoms with Crippen LogP contribution in [-0.4, -0.2) is 22.9 Å². The molecule has 0 aliphatic heterocycles. The largest absolute Gasteiger partial charge is 0.497 e. The summed E-state index contributed by atoms with van der Waals surface area (Å²) in [6.07, 6.45) is -3.09. The zero-order valence-electron chi connectivity index (χ0n) is 11.6. The number of benzene rings is 1. The van der Waals surface area contributed by atoms with Crippen molar-refractivity contribution in [2.75, 3.05) is 7.11 Å². The number of aromatic nitrogens is 2. The molecule has 7 heteroatoms. The van der Waals surface area contributed by atoms with Gasteiger partial charge < -0.3 is 9.30 Å². The molecule has 1 aromatic carbocycles. The Morgan fingerprint density at radius 1 is 1.48 bits per heavy atom.